The van der Waals surface area contributed by atoms with Gasteiger partial charge < -0.3 is 0 Å². The summed E-state index contributed by atoms with van der Waals surface area (Å²) >= 11 is 0. The summed E-state index contributed by atoms with van der Waals surface area (Å²) in [5, 5.41) is 0. The molecule has 0 bridgehead atoms. The molecule has 3 rings (SSSR count). The van der Waals surface area contributed by atoms with Crippen LogP contribution in [0.2, 0.25) is 0 Å². The van der Waals surface area contributed by atoms with Gasteiger partial charge >= 0.3 is 0 Å². The van der Waals surface area contributed by atoms with Gasteiger partial charge in [-0.1, -0.05) is 6.92 Å². The Labute approximate surface area is 95.5 Å². The molecule has 1 aromatic heterocycles. The molecule has 2 heterocycles. The maximum atomic E-state index is 12.3. The highest BCUT2D eigenvalue weighted by Crippen LogP contribution is 2.21. The number of nitrogens with zero attached hydrogens (tertiary/aromatic N) is 2. The molecule has 1 atom stereocenters. The summed E-state index contributed by atoms with van der Waals surface area (Å²) in [5.41, 5.74) is 2.35. The predicted molar refractivity (Wildman–Crippen MR) is 62.6 cm³/mol. The Hall–Kier alpha value is -1.12. The van der Waals surface area contributed by atoms with Crippen molar-refractivity contribution in [2.45, 2.75) is 52.0 Å². The standard InChI is InChI=1S/C13H18N2O/c1-9-6-7-12-14-11-5-3-2-4-10(11)13(16)15(12)8-9/h9H,2-8H2,1H3. The van der Waals surface area contributed by atoms with E-state index < -0.39 is 0 Å². The molecule has 0 amide bonds. The van der Waals surface area contributed by atoms with Crippen LogP contribution in [-0.2, 0) is 25.8 Å². The van der Waals surface area contributed by atoms with E-state index in [9.17, 15) is 4.79 Å². The van der Waals surface area contributed by atoms with E-state index in [2.05, 4.69) is 6.92 Å². The van der Waals surface area contributed by atoms with Gasteiger partial charge in [-0.05, 0) is 38.0 Å². The second kappa shape index (κ2) is 3.72. The van der Waals surface area contributed by atoms with Gasteiger partial charge in [0.25, 0.3) is 5.56 Å². The molecule has 0 fully saturated rings. The predicted octanol–water partition coefficient (Wildman–Crippen LogP) is 1.70. The van der Waals surface area contributed by atoms with E-state index in [1.54, 1.807) is 0 Å². The van der Waals surface area contributed by atoms with Crippen molar-refractivity contribution in [3.05, 3.63) is 27.4 Å². The van der Waals surface area contributed by atoms with Crippen molar-refractivity contribution < 1.29 is 0 Å². The average molecular weight is 218 g/mol. The first-order chi connectivity index (χ1) is 7.75. The zero-order chi connectivity index (χ0) is 11.1. The van der Waals surface area contributed by atoms with Crippen LogP contribution in [0.15, 0.2) is 4.79 Å². The molecule has 0 spiro atoms. The first-order valence-electron chi connectivity index (χ1n) is 6.37. The van der Waals surface area contributed by atoms with Gasteiger partial charge in [0.1, 0.15) is 5.82 Å². The number of hydrogen-bond donors (Lipinski definition) is 0. The summed E-state index contributed by atoms with van der Waals surface area (Å²) in [6, 6.07) is 0. The van der Waals surface area contributed by atoms with E-state index in [0.717, 1.165) is 49.3 Å². The van der Waals surface area contributed by atoms with Crippen LogP contribution < -0.4 is 5.56 Å². The van der Waals surface area contributed by atoms with Crippen molar-refractivity contribution in [1.29, 1.82) is 0 Å². The number of fused-ring (bicyclic) bond motifs is 2. The highest BCUT2D eigenvalue weighted by atomic mass is 16.1. The van der Waals surface area contributed by atoms with Crippen LogP contribution in [0.3, 0.4) is 0 Å². The Balaban J connectivity index is 2.16. The monoisotopic (exact) mass is 218 g/mol. The molecular weight excluding hydrogens is 200 g/mol. The Morgan fingerprint density at radius 1 is 1.25 bits per heavy atom. The summed E-state index contributed by atoms with van der Waals surface area (Å²) in [6.45, 7) is 3.09. The molecule has 0 radical (unpaired) electrons. The lowest BCUT2D eigenvalue weighted by Crippen LogP contribution is -2.35. The molecule has 0 saturated carbocycles. The maximum absolute atomic E-state index is 12.3. The lowest BCUT2D eigenvalue weighted by atomic mass is 9.95. The molecule has 0 aromatic carbocycles. The van der Waals surface area contributed by atoms with Gasteiger partial charge in [-0.2, -0.15) is 0 Å². The summed E-state index contributed by atoms with van der Waals surface area (Å²) in [7, 11) is 0. The third-order valence-electron chi connectivity index (χ3n) is 3.87. The van der Waals surface area contributed by atoms with E-state index in [4.69, 9.17) is 4.98 Å². The molecular formula is C13H18N2O. The van der Waals surface area contributed by atoms with Crippen LogP contribution in [0.1, 0.15) is 43.3 Å². The minimum atomic E-state index is 0.256. The molecule has 16 heavy (non-hydrogen) atoms. The van der Waals surface area contributed by atoms with Gasteiger partial charge in [-0.25, -0.2) is 4.98 Å². The first kappa shape index (κ1) is 10.1. The first-order valence-corrected chi connectivity index (χ1v) is 6.37. The lowest BCUT2D eigenvalue weighted by Gasteiger charge is -2.25. The molecule has 0 N–H and O–H groups in total. The van der Waals surface area contributed by atoms with Crippen LogP contribution in [0.25, 0.3) is 0 Å². The molecule has 1 aliphatic carbocycles. The average Bonchev–Trinajstić information content (AvgIpc) is 2.31. The zero-order valence-corrected chi connectivity index (χ0v) is 9.83. The van der Waals surface area contributed by atoms with Gasteiger partial charge in [-0.15, -0.1) is 0 Å². The van der Waals surface area contributed by atoms with Crippen molar-refractivity contribution in [1.82, 2.24) is 9.55 Å². The number of hydrogen-bond acceptors (Lipinski definition) is 2. The molecule has 86 valence electrons. The molecule has 1 aliphatic heterocycles. The van der Waals surface area contributed by atoms with Gasteiger partial charge in [0.2, 0.25) is 0 Å². The summed E-state index contributed by atoms with van der Waals surface area (Å²) < 4.78 is 1.93. The van der Waals surface area contributed by atoms with Gasteiger partial charge in [0.05, 0.1) is 5.69 Å². The molecule has 1 aromatic rings. The van der Waals surface area contributed by atoms with Crippen LogP contribution in [0.4, 0.5) is 0 Å². The topological polar surface area (TPSA) is 34.9 Å². The second-order valence-electron chi connectivity index (χ2n) is 5.22. The fraction of sp³-hybridized carbons (Fsp3) is 0.692. The number of aryl methyl sites for hydroxylation is 2. The van der Waals surface area contributed by atoms with Crippen molar-refractivity contribution in [2.75, 3.05) is 0 Å². The Morgan fingerprint density at radius 2 is 2.06 bits per heavy atom. The normalized spacial score (nSPS) is 23.7. The minimum absolute atomic E-state index is 0.256. The minimum Gasteiger partial charge on any atom is -0.296 e. The highest BCUT2D eigenvalue weighted by Gasteiger charge is 2.22. The smallest absolute Gasteiger partial charge is 0.256 e. The van der Waals surface area contributed by atoms with Crippen molar-refractivity contribution >= 4 is 0 Å². The fourth-order valence-electron chi connectivity index (χ4n) is 2.90. The van der Waals surface area contributed by atoms with E-state index in [0.29, 0.717) is 5.92 Å². The van der Waals surface area contributed by atoms with E-state index in [-0.39, 0.29) is 5.56 Å². The van der Waals surface area contributed by atoms with Crippen LogP contribution in [-0.4, -0.2) is 9.55 Å². The molecule has 3 heteroatoms. The quantitative estimate of drug-likeness (QED) is 0.664. The molecule has 1 unspecified atom stereocenters. The molecule has 3 nitrogen and oxygen atoms in total. The number of rotatable bonds is 0. The van der Waals surface area contributed by atoms with Crippen LogP contribution in [0, 0.1) is 5.92 Å². The van der Waals surface area contributed by atoms with E-state index in [1.165, 1.54) is 12.8 Å². The van der Waals surface area contributed by atoms with Crippen LogP contribution in [0.5, 0.6) is 0 Å². The Morgan fingerprint density at radius 3 is 2.94 bits per heavy atom. The Kier molecular flexibility index (Phi) is 2.34. The lowest BCUT2D eigenvalue weighted by molar-refractivity contribution is 0.373. The third-order valence-corrected chi connectivity index (χ3v) is 3.87. The summed E-state index contributed by atoms with van der Waals surface area (Å²) in [4.78, 5) is 17.0. The van der Waals surface area contributed by atoms with Crippen LogP contribution >= 0.6 is 0 Å². The van der Waals surface area contributed by atoms with E-state index >= 15 is 0 Å². The van der Waals surface area contributed by atoms with Gasteiger partial charge in [0, 0.05) is 18.5 Å². The van der Waals surface area contributed by atoms with Gasteiger partial charge in [-0.3, -0.25) is 9.36 Å². The molecule has 0 saturated heterocycles. The van der Waals surface area contributed by atoms with Crippen molar-refractivity contribution in [2.24, 2.45) is 5.92 Å². The summed E-state index contributed by atoms with van der Waals surface area (Å²) in [5.74, 6) is 1.65. The van der Waals surface area contributed by atoms with Crippen molar-refractivity contribution in [3.63, 3.8) is 0 Å². The SMILES string of the molecule is CC1CCc2nc3c(c(=O)n2C1)CCCC3. The molecule has 2 aliphatic rings. The fourth-order valence-corrected chi connectivity index (χ4v) is 2.90. The summed E-state index contributed by atoms with van der Waals surface area (Å²) in [6.07, 6.45) is 6.44. The second-order valence-corrected chi connectivity index (χ2v) is 5.22. The van der Waals surface area contributed by atoms with Gasteiger partial charge in [0.15, 0.2) is 0 Å². The maximum Gasteiger partial charge on any atom is 0.256 e. The zero-order valence-electron chi connectivity index (χ0n) is 9.83. The third kappa shape index (κ3) is 1.49. The van der Waals surface area contributed by atoms with E-state index in [1.807, 2.05) is 4.57 Å². The largest absolute Gasteiger partial charge is 0.296 e. The highest BCUT2D eigenvalue weighted by molar-refractivity contribution is 5.22. The number of aromatic nitrogens is 2. The van der Waals surface area contributed by atoms with Crippen molar-refractivity contribution in [3.8, 4) is 0 Å². The Bertz CT molecular complexity index is 476.